The van der Waals surface area contributed by atoms with Crippen LogP contribution in [-0.2, 0) is 27.4 Å². The molecule has 0 bridgehead atoms. The Labute approximate surface area is 130 Å². The molecule has 0 aromatic heterocycles. The molecule has 3 nitrogen and oxygen atoms in total. The van der Waals surface area contributed by atoms with Crippen LogP contribution in [0.1, 0.15) is 27.8 Å². The Kier molecular flexibility index (Phi) is 5.10. The van der Waals surface area contributed by atoms with Crippen LogP contribution < -0.4 is 0 Å². The minimum absolute atomic E-state index is 0.0889. The smallest absolute Gasteiger partial charge is 0.375 e. The number of hydrogen-bond acceptors (Lipinski definition) is 3. The summed E-state index contributed by atoms with van der Waals surface area (Å²) in [6, 6.07) is 13.4. The molecule has 0 amide bonds. The van der Waals surface area contributed by atoms with E-state index in [1.165, 1.54) is 0 Å². The molecule has 0 unspecified atom stereocenters. The molecule has 0 fully saturated rings. The Morgan fingerprint density at radius 1 is 0.955 bits per heavy atom. The molecule has 0 heterocycles. The van der Waals surface area contributed by atoms with E-state index in [1.807, 2.05) is 63.2 Å². The number of benzene rings is 2. The lowest BCUT2D eigenvalue weighted by molar-refractivity contribution is -0.154. The van der Waals surface area contributed by atoms with E-state index in [0.717, 1.165) is 27.8 Å². The van der Waals surface area contributed by atoms with Crippen LogP contribution in [0, 0.1) is 20.8 Å². The average Bonchev–Trinajstić information content (AvgIpc) is 2.49. The highest BCUT2D eigenvalue weighted by atomic mass is 16.5. The maximum absolute atomic E-state index is 12.0. The lowest BCUT2D eigenvalue weighted by Gasteiger charge is -2.10. The van der Waals surface area contributed by atoms with Gasteiger partial charge in [0.15, 0.2) is 0 Å². The summed E-state index contributed by atoms with van der Waals surface area (Å²) in [6.45, 7) is 6.05. The number of ether oxygens (including phenoxy) is 1. The van der Waals surface area contributed by atoms with Crippen molar-refractivity contribution in [3.05, 3.63) is 70.3 Å². The normalized spacial score (nSPS) is 10.3. The van der Waals surface area contributed by atoms with E-state index < -0.39 is 11.8 Å². The molecule has 3 heteroatoms. The van der Waals surface area contributed by atoms with Crippen molar-refractivity contribution < 1.29 is 14.3 Å². The minimum Gasteiger partial charge on any atom is -0.455 e. The summed E-state index contributed by atoms with van der Waals surface area (Å²) in [7, 11) is 0. The van der Waals surface area contributed by atoms with Gasteiger partial charge in [-0.2, -0.15) is 0 Å². The fourth-order valence-corrected chi connectivity index (χ4v) is 2.53. The van der Waals surface area contributed by atoms with Gasteiger partial charge in [-0.1, -0.05) is 48.0 Å². The molecule has 0 saturated heterocycles. The number of carbonyl (C=O) groups excluding carboxylic acids is 2. The first-order valence-electron chi connectivity index (χ1n) is 7.28. The standard InChI is InChI=1S/C19H20O3/c1-13-9-14(2)17(15(3)10-13)11-18(20)19(21)22-12-16-7-5-4-6-8-16/h4-10H,11-12H2,1-3H3. The molecule has 0 aliphatic heterocycles. The topological polar surface area (TPSA) is 43.4 Å². The van der Waals surface area contributed by atoms with Crippen molar-refractivity contribution in [1.82, 2.24) is 0 Å². The molecule has 0 N–H and O–H groups in total. The lowest BCUT2D eigenvalue weighted by atomic mass is 9.96. The largest absolute Gasteiger partial charge is 0.455 e. The summed E-state index contributed by atoms with van der Waals surface area (Å²) in [5, 5.41) is 0. The van der Waals surface area contributed by atoms with Gasteiger partial charge in [-0.15, -0.1) is 0 Å². The van der Waals surface area contributed by atoms with Crippen LogP contribution in [0.15, 0.2) is 42.5 Å². The van der Waals surface area contributed by atoms with Crippen LogP contribution in [0.4, 0.5) is 0 Å². The van der Waals surface area contributed by atoms with E-state index >= 15 is 0 Å². The first-order valence-corrected chi connectivity index (χ1v) is 7.28. The number of esters is 1. The van der Waals surface area contributed by atoms with Crippen LogP contribution in [-0.4, -0.2) is 11.8 Å². The monoisotopic (exact) mass is 296 g/mol. The molecule has 0 atom stereocenters. The van der Waals surface area contributed by atoms with Crippen molar-refractivity contribution in [3.8, 4) is 0 Å². The molecule has 22 heavy (non-hydrogen) atoms. The van der Waals surface area contributed by atoms with E-state index in [-0.39, 0.29) is 13.0 Å². The van der Waals surface area contributed by atoms with Gasteiger partial charge in [-0.05, 0) is 43.0 Å². The van der Waals surface area contributed by atoms with Gasteiger partial charge < -0.3 is 4.74 Å². The van der Waals surface area contributed by atoms with Crippen LogP contribution >= 0.6 is 0 Å². The molecule has 2 rings (SSSR count). The number of carbonyl (C=O) groups is 2. The Bertz CT molecular complexity index is 664. The number of hydrogen-bond donors (Lipinski definition) is 0. The second-order valence-corrected chi connectivity index (χ2v) is 5.54. The maximum atomic E-state index is 12.0. The molecule has 0 radical (unpaired) electrons. The van der Waals surface area contributed by atoms with Crippen molar-refractivity contribution in [2.24, 2.45) is 0 Å². The third kappa shape index (κ3) is 4.04. The number of aryl methyl sites for hydroxylation is 3. The molecule has 114 valence electrons. The lowest BCUT2D eigenvalue weighted by Crippen LogP contribution is -2.20. The van der Waals surface area contributed by atoms with Crippen molar-refractivity contribution in [2.45, 2.75) is 33.8 Å². The van der Waals surface area contributed by atoms with Crippen molar-refractivity contribution in [3.63, 3.8) is 0 Å². The summed E-state index contributed by atoms with van der Waals surface area (Å²) in [5.41, 5.74) is 4.99. The van der Waals surface area contributed by atoms with E-state index in [9.17, 15) is 9.59 Å². The second kappa shape index (κ2) is 7.03. The molecule has 0 saturated carbocycles. The first-order chi connectivity index (χ1) is 10.5. The van der Waals surface area contributed by atoms with E-state index in [1.54, 1.807) is 0 Å². The molecular formula is C19H20O3. The summed E-state index contributed by atoms with van der Waals surface area (Å²) < 4.78 is 5.08. The van der Waals surface area contributed by atoms with Gasteiger partial charge in [-0.3, -0.25) is 4.79 Å². The third-order valence-corrected chi connectivity index (χ3v) is 3.62. The van der Waals surface area contributed by atoms with Gasteiger partial charge >= 0.3 is 5.97 Å². The number of Topliss-reactive ketones (excluding diaryl/α,β-unsaturated/α-hetero) is 1. The number of ketones is 1. The Hall–Kier alpha value is -2.42. The maximum Gasteiger partial charge on any atom is 0.375 e. The fraction of sp³-hybridized carbons (Fsp3) is 0.263. The van der Waals surface area contributed by atoms with E-state index in [4.69, 9.17) is 4.74 Å². The second-order valence-electron chi connectivity index (χ2n) is 5.54. The zero-order chi connectivity index (χ0) is 16.1. The van der Waals surface area contributed by atoms with Crippen molar-refractivity contribution >= 4 is 11.8 Å². The highest BCUT2D eigenvalue weighted by Crippen LogP contribution is 2.17. The Morgan fingerprint density at radius 2 is 1.55 bits per heavy atom. The van der Waals surface area contributed by atoms with Gasteiger partial charge in [0, 0.05) is 6.42 Å². The zero-order valence-corrected chi connectivity index (χ0v) is 13.2. The first kappa shape index (κ1) is 16.0. The van der Waals surface area contributed by atoms with Crippen LogP contribution in [0.5, 0.6) is 0 Å². The molecule has 0 spiro atoms. The minimum atomic E-state index is -0.775. The summed E-state index contributed by atoms with van der Waals surface area (Å²) >= 11 is 0. The Balaban J connectivity index is 1.99. The van der Waals surface area contributed by atoms with Gasteiger partial charge in [-0.25, -0.2) is 4.79 Å². The van der Waals surface area contributed by atoms with Crippen molar-refractivity contribution in [2.75, 3.05) is 0 Å². The SMILES string of the molecule is Cc1cc(C)c(CC(=O)C(=O)OCc2ccccc2)c(C)c1. The summed E-state index contributed by atoms with van der Waals surface area (Å²) in [4.78, 5) is 23.9. The fourth-order valence-electron chi connectivity index (χ4n) is 2.53. The summed E-state index contributed by atoms with van der Waals surface area (Å²) in [6.07, 6.45) is 0.0889. The third-order valence-electron chi connectivity index (χ3n) is 3.62. The van der Waals surface area contributed by atoms with Gasteiger partial charge in [0.1, 0.15) is 6.61 Å². The quantitative estimate of drug-likeness (QED) is 0.627. The van der Waals surface area contributed by atoms with Crippen LogP contribution in [0.25, 0.3) is 0 Å². The van der Waals surface area contributed by atoms with E-state index in [0.29, 0.717) is 0 Å². The average molecular weight is 296 g/mol. The molecule has 2 aromatic rings. The molecule has 2 aromatic carbocycles. The molecular weight excluding hydrogens is 276 g/mol. The van der Waals surface area contributed by atoms with Crippen LogP contribution in [0.2, 0.25) is 0 Å². The van der Waals surface area contributed by atoms with E-state index in [2.05, 4.69) is 0 Å². The van der Waals surface area contributed by atoms with Gasteiger partial charge in [0.05, 0.1) is 0 Å². The van der Waals surface area contributed by atoms with Crippen molar-refractivity contribution in [1.29, 1.82) is 0 Å². The molecule has 0 aliphatic rings. The molecule has 0 aliphatic carbocycles. The predicted octanol–water partition coefficient (Wildman–Crippen LogP) is 3.47. The number of rotatable bonds is 5. The van der Waals surface area contributed by atoms with Gasteiger partial charge in [0.2, 0.25) is 5.78 Å². The highest BCUT2D eigenvalue weighted by molar-refractivity contribution is 6.34. The van der Waals surface area contributed by atoms with Gasteiger partial charge in [0.25, 0.3) is 0 Å². The predicted molar refractivity (Wildman–Crippen MR) is 85.6 cm³/mol. The Morgan fingerprint density at radius 3 is 2.14 bits per heavy atom. The summed E-state index contributed by atoms with van der Waals surface area (Å²) in [5.74, 6) is -1.28. The highest BCUT2D eigenvalue weighted by Gasteiger charge is 2.18. The zero-order valence-electron chi connectivity index (χ0n) is 13.2. The van der Waals surface area contributed by atoms with Crippen LogP contribution in [0.3, 0.4) is 0 Å².